The topological polar surface area (TPSA) is 103 Å². The SMILES string of the molecule is COc1ccc(OCCCC(=O)NCc2ccc(C(=O)NCCCN)cc2)cc1. The summed E-state index contributed by atoms with van der Waals surface area (Å²) in [5, 5.41) is 5.69. The van der Waals surface area contributed by atoms with E-state index in [1.165, 1.54) is 0 Å². The van der Waals surface area contributed by atoms with Crippen LogP contribution < -0.4 is 25.8 Å². The second-order valence-corrected chi connectivity index (χ2v) is 6.50. The molecule has 0 radical (unpaired) electrons. The predicted octanol–water partition coefficient (Wildman–Crippen LogP) is 2.25. The lowest BCUT2D eigenvalue weighted by Crippen LogP contribution is -2.26. The Balaban J connectivity index is 1.63. The van der Waals surface area contributed by atoms with Crippen LogP contribution in [-0.4, -0.2) is 38.6 Å². The Bertz CT molecular complexity index is 761. The third kappa shape index (κ3) is 8.23. The van der Waals surface area contributed by atoms with Crippen molar-refractivity contribution in [1.82, 2.24) is 10.6 Å². The number of amides is 2. The average molecular weight is 399 g/mol. The van der Waals surface area contributed by atoms with Crippen molar-refractivity contribution in [2.45, 2.75) is 25.8 Å². The number of hydrogen-bond acceptors (Lipinski definition) is 5. The summed E-state index contributed by atoms with van der Waals surface area (Å²) in [4.78, 5) is 23.9. The van der Waals surface area contributed by atoms with Gasteiger partial charge in [-0.25, -0.2) is 0 Å². The molecule has 0 atom stereocenters. The summed E-state index contributed by atoms with van der Waals surface area (Å²) >= 11 is 0. The Morgan fingerprint density at radius 3 is 2.28 bits per heavy atom. The molecule has 0 aliphatic rings. The highest BCUT2D eigenvalue weighted by atomic mass is 16.5. The minimum absolute atomic E-state index is 0.0352. The zero-order valence-electron chi connectivity index (χ0n) is 16.8. The van der Waals surface area contributed by atoms with E-state index in [1.807, 2.05) is 36.4 Å². The molecule has 2 aromatic carbocycles. The van der Waals surface area contributed by atoms with Crippen LogP contribution in [0.4, 0.5) is 0 Å². The van der Waals surface area contributed by atoms with Gasteiger partial charge in [-0.3, -0.25) is 9.59 Å². The van der Waals surface area contributed by atoms with Crippen LogP contribution in [0.15, 0.2) is 48.5 Å². The minimum atomic E-state index is -0.120. The van der Waals surface area contributed by atoms with Gasteiger partial charge in [0.2, 0.25) is 5.91 Å². The van der Waals surface area contributed by atoms with Gasteiger partial charge in [0.05, 0.1) is 13.7 Å². The Morgan fingerprint density at radius 1 is 0.931 bits per heavy atom. The van der Waals surface area contributed by atoms with E-state index >= 15 is 0 Å². The molecule has 29 heavy (non-hydrogen) atoms. The summed E-state index contributed by atoms with van der Waals surface area (Å²) in [5.74, 6) is 1.37. The Morgan fingerprint density at radius 2 is 1.62 bits per heavy atom. The second kappa shape index (κ2) is 12.4. The molecule has 7 heteroatoms. The highest BCUT2D eigenvalue weighted by molar-refractivity contribution is 5.94. The number of nitrogens with two attached hydrogens (primary N) is 1. The molecule has 0 unspecified atom stereocenters. The fourth-order valence-corrected chi connectivity index (χ4v) is 2.56. The normalized spacial score (nSPS) is 10.3. The molecule has 2 rings (SSSR count). The maximum Gasteiger partial charge on any atom is 0.251 e. The van der Waals surface area contributed by atoms with E-state index in [4.69, 9.17) is 15.2 Å². The first-order chi connectivity index (χ1) is 14.1. The molecule has 2 aromatic rings. The maximum atomic E-state index is 12.0. The van der Waals surface area contributed by atoms with Gasteiger partial charge in [0.1, 0.15) is 11.5 Å². The van der Waals surface area contributed by atoms with Crippen LogP contribution in [0, 0.1) is 0 Å². The summed E-state index contributed by atoms with van der Waals surface area (Å²) in [6, 6.07) is 14.5. The first-order valence-corrected chi connectivity index (χ1v) is 9.73. The zero-order valence-corrected chi connectivity index (χ0v) is 16.8. The van der Waals surface area contributed by atoms with Gasteiger partial charge in [-0.1, -0.05) is 12.1 Å². The summed E-state index contributed by atoms with van der Waals surface area (Å²) in [5.41, 5.74) is 6.94. The monoisotopic (exact) mass is 399 g/mol. The first kappa shape index (κ1) is 22.2. The average Bonchev–Trinajstić information content (AvgIpc) is 2.76. The van der Waals surface area contributed by atoms with Crippen LogP contribution in [0.1, 0.15) is 35.2 Å². The van der Waals surface area contributed by atoms with Gasteiger partial charge >= 0.3 is 0 Å². The van der Waals surface area contributed by atoms with Gasteiger partial charge in [0.25, 0.3) is 5.91 Å². The number of hydrogen-bond donors (Lipinski definition) is 3. The molecule has 156 valence electrons. The largest absolute Gasteiger partial charge is 0.497 e. The smallest absolute Gasteiger partial charge is 0.251 e. The lowest BCUT2D eigenvalue weighted by molar-refractivity contribution is -0.121. The summed E-state index contributed by atoms with van der Waals surface area (Å²) in [6.07, 6.45) is 1.76. The molecule has 0 saturated heterocycles. The number of ether oxygens (including phenoxy) is 2. The fraction of sp³-hybridized carbons (Fsp3) is 0.364. The van der Waals surface area contributed by atoms with E-state index in [1.54, 1.807) is 19.2 Å². The van der Waals surface area contributed by atoms with Crippen LogP contribution in [0.25, 0.3) is 0 Å². The van der Waals surface area contributed by atoms with Gasteiger partial charge in [-0.15, -0.1) is 0 Å². The molecule has 0 aliphatic heterocycles. The molecule has 0 aliphatic carbocycles. The molecule has 0 heterocycles. The third-order valence-corrected chi connectivity index (χ3v) is 4.25. The molecule has 7 nitrogen and oxygen atoms in total. The van der Waals surface area contributed by atoms with Crippen molar-refractivity contribution in [3.05, 3.63) is 59.7 Å². The van der Waals surface area contributed by atoms with Crippen molar-refractivity contribution >= 4 is 11.8 Å². The summed E-state index contributed by atoms with van der Waals surface area (Å²) in [7, 11) is 1.62. The quantitative estimate of drug-likeness (QED) is 0.475. The van der Waals surface area contributed by atoms with Gasteiger partial charge in [-0.2, -0.15) is 0 Å². The number of carbonyl (C=O) groups is 2. The molecule has 0 fully saturated rings. The maximum absolute atomic E-state index is 12.0. The van der Waals surface area contributed by atoms with Crippen LogP contribution in [0.5, 0.6) is 11.5 Å². The van der Waals surface area contributed by atoms with Gasteiger partial charge in [0, 0.05) is 25.1 Å². The summed E-state index contributed by atoms with van der Waals surface area (Å²) in [6.45, 7) is 2.00. The predicted molar refractivity (Wildman–Crippen MR) is 112 cm³/mol. The molecule has 2 amide bonds. The van der Waals surface area contributed by atoms with Crippen LogP contribution >= 0.6 is 0 Å². The van der Waals surface area contributed by atoms with Gasteiger partial charge in [-0.05, 0) is 61.3 Å². The van der Waals surface area contributed by atoms with Crippen molar-refractivity contribution < 1.29 is 19.1 Å². The molecular weight excluding hydrogens is 370 g/mol. The molecule has 0 bridgehead atoms. The standard InChI is InChI=1S/C22H29N3O4/c1-28-19-9-11-20(12-10-19)29-15-2-4-21(26)25-16-17-5-7-18(8-6-17)22(27)24-14-3-13-23/h5-12H,2-4,13-16,23H2,1H3,(H,24,27)(H,25,26). The third-order valence-electron chi connectivity index (χ3n) is 4.25. The Hall–Kier alpha value is -3.06. The van der Waals surface area contributed by atoms with E-state index < -0.39 is 0 Å². The highest BCUT2D eigenvalue weighted by Crippen LogP contribution is 2.17. The number of carbonyl (C=O) groups excluding carboxylic acids is 2. The van der Waals surface area contributed by atoms with E-state index in [0.29, 0.717) is 44.6 Å². The van der Waals surface area contributed by atoms with Crippen LogP contribution in [-0.2, 0) is 11.3 Å². The van der Waals surface area contributed by atoms with Crippen molar-refractivity contribution in [3.63, 3.8) is 0 Å². The molecule has 4 N–H and O–H groups in total. The van der Waals surface area contributed by atoms with Crippen molar-refractivity contribution in [3.8, 4) is 11.5 Å². The van der Waals surface area contributed by atoms with Crippen molar-refractivity contribution in [1.29, 1.82) is 0 Å². The van der Waals surface area contributed by atoms with Crippen LogP contribution in [0.3, 0.4) is 0 Å². The minimum Gasteiger partial charge on any atom is -0.497 e. The zero-order chi connectivity index (χ0) is 20.9. The molecule has 0 saturated carbocycles. The van der Waals surface area contributed by atoms with E-state index in [2.05, 4.69) is 10.6 Å². The van der Waals surface area contributed by atoms with E-state index in [0.717, 1.165) is 23.5 Å². The van der Waals surface area contributed by atoms with E-state index in [-0.39, 0.29) is 11.8 Å². The number of nitrogens with one attached hydrogen (secondary N) is 2. The van der Waals surface area contributed by atoms with E-state index in [9.17, 15) is 9.59 Å². The lowest BCUT2D eigenvalue weighted by Gasteiger charge is -2.08. The molecule has 0 aromatic heterocycles. The Labute approximate surface area is 171 Å². The highest BCUT2D eigenvalue weighted by Gasteiger charge is 2.06. The summed E-state index contributed by atoms with van der Waals surface area (Å²) < 4.78 is 10.7. The fourth-order valence-electron chi connectivity index (χ4n) is 2.56. The number of benzene rings is 2. The number of rotatable bonds is 12. The molecular formula is C22H29N3O4. The first-order valence-electron chi connectivity index (χ1n) is 9.73. The van der Waals surface area contributed by atoms with Gasteiger partial charge in [0.15, 0.2) is 0 Å². The second-order valence-electron chi connectivity index (χ2n) is 6.50. The van der Waals surface area contributed by atoms with Crippen molar-refractivity contribution in [2.75, 3.05) is 26.8 Å². The molecule has 0 spiro atoms. The number of methoxy groups -OCH3 is 1. The van der Waals surface area contributed by atoms with Gasteiger partial charge < -0.3 is 25.8 Å². The lowest BCUT2D eigenvalue weighted by atomic mass is 10.1. The van der Waals surface area contributed by atoms with Crippen molar-refractivity contribution in [2.24, 2.45) is 5.73 Å². The van der Waals surface area contributed by atoms with Crippen LogP contribution in [0.2, 0.25) is 0 Å². The Kier molecular flexibility index (Phi) is 9.51.